The van der Waals surface area contributed by atoms with Crippen LogP contribution in [-0.4, -0.2) is 29.2 Å². The number of nitrogens with one attached hydrogen (secondary N) is 1. The predicted molar refractivity (Wildman–Crippen MR) is 74.2 cm³/mol. The van der Waals surface area contributed by atoms with Crippen molar-refractivity contribution < 1.29 is 9.59 Å². The van der Waals surface area contributed by atoms with Crippen molar-refractivity contribution in [3.63, 3.8) is 0 Å². The molecule has 1 aromatic heterocycles. The number of carbonyl (C=O) groups is 2. The molecule has 0 aromatic carbocycles. The molecule has 1 saturated carbocycles. The Bertz CT molecular complexity index is 464. The molecule has 4 heteroatoms. The average molecular weight is 262 g/mol. The lowest BCUT2D eigenvalue weighted by molar-refractivity contribution is -0.121. The van der Waals surface area contributed by atoms with Crippen LogP contribution in [0, 0.1) is 0 Å². The molecule has 1 aliphatic rings. The van der Waals surface area contributed by atoms with E-state index in [-0.39, 0.29) is 11.8 Å². The normalized spacial score (nSPS) is 21.4. The molecule has 1 heterocycles. The van der Waals surface area contributed by atoms with Crippen molar-refractivity contribution in [2.24, 2.45) is 0 Å². The van der Waals surface area contributed by atoms with Gasteiger partial charge in [0.2, 0.25) is 0 Å². The molecular weight excluding hydrogens is 240 g/mol. The van der Waals surface area contributed by atoms with Gasteiger partial charge in [-0.3, -0.25) is 9.59 Å². The lowest BCUT2D eigenvalue weighted by atomic mass is 9.94. The summed E-state index contributed by atoms with van der Waals surface area (Å²) in [5.74, 6) is 0.520. The molecule has 0 bridgehead atoms. The van der Waals surface area contributed by atoms with E-state index < -0.39 is 0 Å². The fourth-order valence-corrected chi connectivity index (χ4v) is 2.75. The van der Waals surface area contributed by atoms with Crippen molar-refractivity contribution in [2.75, 3.05) is 7.05 Å². The zero-order valence-electron chi connectivity index (χ0n) is 11.7. The quantitative estimate of drug-likeness (QED) is 0.881. The first-order valence-corrected chi connectivity index (χ1v) is 6.96. The van der Waals surface area contributed by atoms with Gasteiger partial charge < -0.3 is 9.88 Å². The van der Waals surface area contributed by atoms with Gasteiger partial charge in [-0.2, -0.15) is 0 Å². The van der Waals surface area contributed by atoms with Gasteiger partial charge in [0.05, 0.1) is 6.04 Å². The molecule has 2 atom stereocenters. The molecule has 0 aliphatic heterocycles. The van der Waals surface area contributed by atoms with E-state index in [9.17, 15) is 9.59 Å². The van der Waals surface area contributed by atoms with Crippen LogP contribution in [0.5, 0.6) is 0 Å². The Kier molecular flexibility index (Phi) is 4.53. The summed E-state index contributed by atoms with van der Waals surface area (Å²) in [4.78, 5) is 22.9. The van der Waals surface area contributed by atoms with E-state index in [1.165, 1.54) is 0 Å². The van der Waals surface area contributed by atoms with Crippen molar-refractivity contribution in [3.8, 4) is 0 Å². The fourth-order valence-electron chi connectivity index (χ4n) is 2.75. The Morgan fingerprint density at radius 2 is 2.37 bits per heavy atom. The third-order valence-electron chi connectivity index (χ3n) is 3.93. The number of nitrogens with zero attached hydrogens (tertiary/aromatic N) is 1. The van der Waals surface area contributed by atoms with Crippen molar-refractivity contribution in [1.29, 1.82) is 0 Å². The number of hydrogen-bond donors (Lipinski definition) is 1. The maximum atomic E-state index is 11.5. The van der Waals surface area contributed by atoms with Gasteiger partial charge in [-0.25, -0.2) is 0 Å². The molecule has 1 fully saturated rings. The number of rotatable bonds is 5. The lowest BCUT2D eigenvalue weighted by Crippen LogP contribution is -2.34. The van der Waals surface area contributed by atoms with Crippen LogP contribution >= 0.6 is 0 Å². The van der Waals surface area contributed by atoms with Crippen LogP contribution < -0.4 is 5.32 Å². The Morgan fingerprint density at radius 1 is 1.58 bits per heavy atom. The van der Waals surface area contributed by atoms with Crippen molar-refractivity contribution in [1.82, 2.24) is 9.88 Å². The van der Waals surface area contributed by atoms with Gasteiger partial charge in [0, 0.05) is 31.3 Å². The summed E-state index contributed by atoms with van der Waals surface area (Å²) in [6, 6.07) is 2.23. The molecule has 0 saturated heterocycles. The zero-order chi connectivity index (χ0) is 13.8. The second-order valence-electron chi connectivity index (χ2n) is 5.41. The van der Waals surface area contributed by atoms with Crippen LogP contribution in [0.15, 0.2) is 18.5 Å². The molecule has 1 aromatic rings. The van der Waals surface area contributed by atoms with Crippen molar-refractivity contribution in [2.45, 2.75) is 51.1 Å². The molecule has 2 unspecified atom stereocenters. The Hall–Kier alpha value is -1.42. The van der Waals surface area contributed by atoms with Gasteiger partial charge in [-0.15, -0.1) is 0 Å². The minimum absolute atomic E-state index is 0.121. The van der Waals surface area contributed by atoms with Crippen LogP contribution in [0.2, 0.25) is 0 Å². The third-order valence-corrected chi connectivity index (χ3v) is 3.93. The van der Waals surface area contributed by atoms with E-state index in [0.29, 0.717) is 24.7 Å². The van der Waals surface area contributed by atoms with Gasteiger partial charge >= 0.3 is 0 Å². The number of likely N-dealkylation sites (N-methyl/N-ethyl adjacent to an activating group) is 1. The van der Waals surface area contributed by atoms with E-state index in [4.69, 9.17) is 0 Å². The summed E-state index contributed by atoms with van der Waals surface area (Å²) in [5, 5.41) is 3.03. The first-order chi connectivity index (χ1) is 9.10. The standard InChI is InChI=1S/C15H22N2O2/c1-11(18)15(16-2)8-12-6-7-17(10-12)13-4-3-5-14(19)9-13/h6-7,10,13,15-16H,3-5,8-9H2,1-2H3. The summed E-state index contributed by atoms with van der Waals surface area (Å²) in [7, 11) is 1.81. The molecule has 1 aliphatic carbocycles. The largest absolute Gasteiger partial charge is 0.351 e. The molecule has 2 rings (SSSR count). The minimum Gasteiger partial charge on any atom is -0.351 e. The minimum atomic E-state index is -0.121. The fraction of sp³-hybridized carbons (Fsp3) is 0.600. The van der Waals surface area contributed by atoms with Crippen LogP contribution in [0.25, 0.3) is 0 Å². The molecule has 1 N–H and O–H groups in total. The maximum absolute atomic E-state index is 11.5. The van der Waals surface area contributed by atoms with Crippen LogP contribution in [0.3, 0.4) is 0 Å². The highest BCUT2D eigenvalue weighted by atomic mass is 16.1. The summed E-state index contributed by atoms with van der Waals surface area (Å²) >= 11 is 0. The summed E-state index contributed by atoms with van der Waals surface area (Å²) in [6.45, 7) is 1.61. The number of carbonyl (C=O) groups excluding carboxylic acids is 2. The second kappa shape index (κ2) is 6.15. The van der Waals surface area contributed by atoms with E-state index in [1.54, 1.807) is 6.92 Å². The number of ketones is 2. The van der Waals surface area contributed by atoms with Gasteiger partial charge in [-0.05, 0) is 44.9 Å². The molecule has 0 spiro atoms. The van der Waals surface area contributed by atoms with Gasteiger partial charge in [0.1, 0.15) is 11.6 Å². The predicted octanol–water partition coefficient (Wildman–Crippen LogP) is 1.89. The Labute approximate surface area is 114 Å². The first-order valence-electron chi connectivity index (χ1n) is 6.96. The van der Waals surface area contributed by atoms with Crippen LogP contribution in [0.4, 0.5) is 0 Å². The zero-order valence-corrected chi connectivity index (χ0v) is 11.7. The highest BCUT2D eigenvalue weighted by Crippen LogP contribution is 2.26. The van der Waals surface area contributed by atoms with E-state index in [1.807, 2.05) is 19.3 Å². The van der Waals surface area contributed by atoms with Crippen molar-refractivity contribution in [3.05, 3.63) is 24.0 Å². The summed E-state index contributed by atoms with van der Waals surface area (Å²) in [6.07, 6.45) is 8.26. The van der Waals surface area contributed by atoms with Gasteiger partial charge in [0.15, 0.2) is 0 Å². The van der Waals surface area contributed by atoms with Gasteiger partial charge in [0.25, 0.3) is 0 Å². The molecule has 0 radical (unpaired) electrons. The van der Waals surface area contributed by atoms with E-state index in [2.05, 4.69) is 16.1 Å². The highest BCUT2D eigenvalue weighted by Gasteiger charge is 2.21. The van der Waals surface area contributed by atoms with Crippen molar-refractivity contribution >= 4 is 11.6 Å². The topological polar surface area (TPSA) is 51.1 Å². The van der Waals surface area contributed by atoms with Crippen LogP contribution in [0.1, 0.15) is 44.2 Å². The molecule has 104 valence electrons. The maximum Gasteiger partial charge on any atom is 0.147 e. The smallest absolute Gasteiger partial charge is 0.147 e. The SMILES string of the molecule is CNC(Cc1ccn(C2CCCC(=O)C2)c1)C(C)=O. The molecule has 4 nitrogen and oxygen atoms in total. The Morgan fingerprint density at radius 3 is 3.00 bits per heavy atom. The molecule has 19 heavy (non-hydrogen) atoms. The summed E-state index contributed by atoms with van der Waals surface area (Å²) in [5.41, 5.74) is 1.15. The Balaban J connectivity index is 2.02. The number of hydrogen-bond acceptors (Lipinski definition) is 3. The highest BCUT2D eigenvalue weighted by molar-refractivity contribution is 5.81. The number of Topliss-reactive ketones (excluding diaryl/α,β-unsaturated/α-hetero) is 2. The lowest BCUT2D eigenvalue weighted by Gasteiger charge is -2.22. The molecular formula is C15H22N2O2. The summed E-state index contributed by atoms with van der Waals surface area (Å²) < 4.78 is 2.14. The number of aromatic nitrogens is 1. The average Bonchev–Trinajstić information content (AvgIpc) is 2.84. The van der Waals surface area contributed by atoms with E-state index in [0.717, 1.165) is 24.8 Å². The monoisotopic (exact) mass is 262 g/mol. The second-order valence-corrected chi connectivity index (χ2v) is 5.41. The molecule has 0 amide bonds. The van der Waals surface area contributed by atoms with E-state index >= 15 is 0 Å². The third kappa shape index (κ3) is 3.53. The van der Waals surface area contributed by atoms with Gasteiger partial charge in [-0.1, -0.05) is 0 Å². The van der Waals surface area contributed by atoms with Crippen LogP contribution in [-0.2, 0) is 16.0 Å². The first kappa shape index (κ1) is 14.0.